The lowest BCUT2D eigenvalue weighted by molar-refractivity contribution is -0.141. The summed E-state index contributed by atoms with van der Waals surface area (Å²) in [4.78, 5) is 3.82. The molecule has 0 saturated carbocycles. The smallest absolute Gasteiger partial charge is 0.344 e. The van der Waals surface area contributed by atoms with E-state index in [0.29, 0.717) is 11.0 Å². The van der Waals surface area contributed by atoms with Gasteiger partial charge in [0.05, 0.1) is 5.56 Å². The minimum Gasteiger partial charge on any atom is -0.344 e. The molecule has 0 aliphatic rings. The van der Waals surface area contributed by atoms with Crippen molar-refractivity contribution >= 4 is 5.82 Å². The summed E-state index contributed by atoms with van der Waals surface area (Å²) in [5, 5.41) is 8.86. The number of anilines is 1. The third-order valence-electron chi connectivity index (χ3n) is 2.53. The normalized spacial score (nSPS) is 12.4. The molecule has 1 aromatic heterocycles. The second-order valence-corrected chi connectivity index (χ2v) is 4.51. The molecule has 0 unspecified atom stereocenters. The van der Waals surface area contributed by atoms with Gasteiger partial charge in [-0.25, -0.2) is 4.98 Å². The van der Waals surface area contributed by atoms with Gasteiger partial charge in [0, 0.05) is 6.04 Å². The second kappa shape index (κ2) is 5.79. The van der Waals surface area contributed by atoms with Gasteiger partial charge in [-0.2, -0.15) is 31.6 Å². The van der Waals surface area contributed by atoms with Gasteiger partial charge in [-0.3, -0.25) is 0 Å². The molecular weight excluding hydrogens is 300 g/mol. The van der Waals surface area contributed by atoms with E-state index in [0.717, 1.165) is 6.07 Å². The van der Waals surface area contributed by atoms with Crippen molar-refractivity contribution in [2.45, 2.75) is 32.2 Å². The van der Waals surface area contributed by atoms with Crippen molar-refractivity contribution in [3.63, 3.8) is 0 Å². The van der Waals surface area contributed by atoms with E-state index in [1.165, 1.54) is 13.8 Å². The maximum atomic E-state index is 12.6. The molecule has 0 amide bonds. The number of halogens is 6. The summed E-state index contributed by atoms with van der Waals surface area (Å²) >= 11 is 0. The summed E-state index contributed by atoms with van der Waals surface area (Å²) in [6, 6.07) is 2.15. The maximum absolute atomic E-state index is 12.6. The molecular formula is C12H11F6N3. The first-order valence-electron chi connectivity index (χ1n) is 5.77. The van der Waals surface area contributed by atoms with Gasteiger partial charge in [-0.15, -0.1) is 0 Å². The molecule has 0 atom stereocenters. The van der Waals surface area contributed by atoms with E-state index in [-0.39, 0.29) is 5.56 Å². The number of alkyl halides is 6. The van der Waals surface area contributed by atoms with Crippen LogP contribution in [0.3, 0.4) is 0 Å². The molecule has 0 bridgehead atoms. The molecule has 116 valence electrons. The van der Waals surface area contributed by atoms with Gasteiger partial charge in [-0.1, -0.05) is 0 Å². The number of aromatic nitrogens is 1. The Kier molecular flexibility index (Phi) is 4.71. The fraction of sp³-hybridized carbons (Fsp3) is 0.500. The molecule has 0 aliphatic carbocycles. The molecule has 0 aromatic carbocycles. The van der Waals surface area contributed by atoms with Crippen LogP contribution in [0.4, 0.5) is 32.2 Å². The van der Waals surface area contributed by atoms with Gasteiger partial charge in [0.2, 0.25) is 0 Å². The van der Waals surface area contributed by atoms with Crippen molar-refractivity contribution < 1.29 is 26.3 Å². The number of rotatable bonds is 3. The lowest BCUT2D eigenvalue weighted by atomic mass is 10.2. The quantitative estimate of drug-likeness (QED) is 0.798. The SMILES string of the molecule is CC(C)N(CC(F)(F)F)c1nc(C(F)(F)F)ccc1C#N. The number of pyridine rings is 1. The summed E-state index contributed by atoms with van der Waals surface area (Å²) in [6.07, 6.45) is -9.43. The van der Waals surface area contributed by atoms with Crippen molar-refractivity contribution in [1.82, 2.24) is 4.98 Å². The monoisotopic (exact) mass is 311 g/mol. The third kappa shape index (κ3) is 4.51. The Bertz CT molecular complexity index is 541. The van der Waals surface area contributed by atoms with Crippen LogP contribution in [0.25, 0.3) is 0 Å². The Labute approximate surface area is 116 Å². The zero-order chi connectivity index (χ0) is 16.4. The first kappa shape index (κ1) is 17.1. The number of nitriles is 1. The molecule has 0 fully saturated rings. The molecule has 0 N–H and O–H groups in total. The fourth-order valence-corrected chi connectivity index (χ4v) is 1.61. The van der Waals surface area contributed by atoms with Gasteiger partial charge >= 0.3 is 12.4 Å². The Hall–Kier alpha value is -1.98. The molecule has 21 heavy (non-hydrogen) atoms. The Morgan fingerprint density at radius 1 is 1.19 bits per heavy atom. The van der Waals surface area contributed by atoms with Crippen LogP contribution in [0.5, 0.6) is 0 Å². The van der Waals surface area contributed by atoms with Gasteiger partial charge in [-0.05, 0) is 26.0 Å². The highest BCUT2D eigenvalue weighted by Gasteiger charge is 2.36. The summed E-state index contributed by atoms with van der Waals surface area (Å²) in [7, 11) is 0. The van der Waals surface area contributed by atoms with Gasteiger partial charge in [0.1, 0.15) is 24.1 Å². The van der Waals surface area contributed by atoms with E-state index in [4.69, 9.17) is 5.26 Å². The van der Waals surface area contributed by atoms with Crippen molar-refractivity contribution in [2.24, 2.45) is 0 Å². The molecule has 1 heterocycles. The zero-order valence-corrected chi connectivity index (χ0v) is 11.0. The van der Waals surface area contributed by atoms with Crippen LogP contribution in [0, 0.1) is 11.3 Å². The van der Waals surface area contributed by atoms with Crippen LogP contribution in [-0.2, 0) is 6.18 Å². The van der Waals surface area contributed by atoms with Crippen LogP contribution in [0.1, 0.15) is 25.1 Å². The van der Waals surface area contributed by atoms with E-state index in [1.807, 2.05) is 0 Å². The molecule has 1 rings (SSSR count). The molecule has 0 spiro atoms. The van der Waals surface area contributed by atoms with Crippen molar-refractivity contribution in [3.05, 3.63) is 23.4 Å². The average Bonchev–Trinajstić information content (AvgIpc) is 2.32. The first-order valence-corrected chi connectivity index (χ1v) is 5.77. The van der Waals surface area contributed by atoms with Gasteiger partial charge in [0.25, 0.3) is 0 Å². The van der Waals surface area contributed by atoms with Gasteiger partial charge < -0.3 is 4.90 Å². The topological polar surface area (TPSA) is 39.9 Å². The van der Waals surface area contributed by atoms with E-state index >= 15 is 0 Å². The molecule has 0 radical (unpaired) electrons. The Morgan fingerprint density at radius 3 is 2.14 bits per heavy atom. The highest BCUT2D eigenvalue weighted by atomic mass is 19.4. The van der Waals surface area contributed by atoms with Crippen LogP contribution in [0.2, 0.25) is 0 Å². The number of hydrogen-bond donors (Lipinski definition) is 0. The van der Waals surface area contributed by atoms with Crippen molar-refractivity contribution in [3.8, 4) is 6.07 Å². The van der Waals surface area contributed by atoms with Crippen LogP contribution < -0.4 is 4.90 Å². The van der Waals surface area contributed by atoms with E-state index in [2.05, 4.69) is 4.98 Å². The maximum Gasteiger partial charge on any atom is 0.433 e. The van der Waals surface area contributed by atoms with E-state index in [9.17, 15) is 26.3 Å². The summed E-state index contributed by atoms with van der Waals surface area (Å²) in [6.45, 7) is 1.25. The molecule has 9 heteroatoms. The summed E-state index contributed by atoms with van der Waals surface area (Å²) < 4.78 is 75.5. The summed E-state index contributed by atoms with van der Waals surface area (Å²) in [5.74, 6) is -0.625. The third-order valence-corrected chi connectivity index (χ3v) is 2.53. The highest BCUT2D eigenvalue weighted by Crippen LogP contribution is 2.32. The van der Waals surface area contributed by atoms with Crippen molar-refractivity contribution in [2.75, 3.05) is 11.4 Å². The fourth-order valence-electron chi connectivity index (χ4n) is 1.61. The Morgan fingerprint density at radius 2 is 1.76 bits per heavy atom. The average molecular weight is 311 g/mol. The number of hydrogen-bond acceptors (Lipinski definition) is 3. The minimum atomic E-state index is -4.80. The second-order valence-electron chi connectivity index (χ2n) is 4.51. The lowest BCUT2D eigenvalue weighted by Crippen LogP contribution is -2.40. The van der Waals surface area contributed by atoms with Crippen LogP contribution in [0.15, 0.2) is 12.1 Å². The molecule has 0 aliphatic heterocycles. The van der Waals surface area contributed by atoms with Crippen LogP contribution in [-0.4, -0.2) is 23.7 Å². The largest absolute Gasteiger partial charge is 0.433 e. The van der Waals surface area contributed by atoms with Crippen molar-refractivity contribution in [1.29, 1.82) is 5.26 Å². The predicted octanol–water partition coefficient (Wildman–Crippen LogP) is 3.75. The first-order chi connectivity index (χ1) is 9.45. The van der Waals surface area contributed by atoms with E-state index in [1.54, 1.807) is 6.07 Å². The minimum absolute atomic E-state index is 0.346. The highest BCUT2D eigenvalue weighted by molar-refractivity contribution is 5.55. The van der Waals surface area contributed by atoms with Crippen LogP contribution >= 0.6 is 0 Å². The molecule has 3 nitrogen and oxygen atoms in total. The molecule has 0 saturated heterocycles. The summed E-state index contributed by atoms with van der Waals surface area (Å²) in [5.41, 5.74) is -1.69. The predicted molar refractivity (Wildman–Crippen MR) is 62.5 cm³/mol. The number of nitrogens with zero attached hydrogens (tertiary/aromatic N) is 3. The van der Waals surface area contributed by atoms with E-state index < -0.39 is 36.5 Å². The lowest BCUT2D eigenvalue weighted by Gasteiger charge is -2.29. The van der Waals surface area contributed by atoms with Gasteiger partial charge in [0.15, 0.2) is 0 Å². The Balaban J connectivity index is 3.38. The zero-order valence-electron chi connectivity index (χ0n) is 11.0. The molecule has 1 aromatic rings. The standard InChI is InChI=1S/C12H11F6N3/c1-7(2)21(6-11(13,14)15)10-8(5-19)3-4-9(20-10)12(16,17)18/h3-4,7H,6H2,1-2H3.